The Morgan fingerprint density at radius 2 is 2.00 bits per heavy atom. The third-order valence-corrected chi connectivity index (χ3v) is 6.46. The topological polar surface area (TPSA) is 49.4 Å². The molecule has 21 heavy (non-hydrogen) atoms. The summed E-state index contributed by atoms with van der Waals surface area (Å²) in [5, 5.41) is 3.47. The molecule has 4 nitrogen and oxygen atoms in total. The molecule has 0 aromatic carbocycles. The van der Waals surface area contributed by atoms with Gasteiger partial charge in [-0.1, -0.05) is 13.8 Å². The van der Waals surface area contributed by atoms with E-state index in [0.29, 0.717) is 30.5 Å². The molecule has 6 heteroatoms. The van der Waals surface area contributed by atoms with Gasteiger partial charge in [0, 0.05) is 35.9 Å². The van der Waals surface area contributed by atoms with E-state index in [4.69, 9.17) is 0 Å². The number of rotatable bonds is 6. The maximum Gasteiger partial charge on any atom is 0.152 e. The summed E-state index contributed by atoms with van der Waals surface area (Å²) in [5.74, 6) is 1.28. The van der Waals surface area contributed by atoms with Gasteiger partial charge in [-0.05, 0) is 31.0 Å². The number of thiophene rings is 1. The molecule has 1 aromatic heterocycles. The summed E-state index contributed by atoms with van der Waals surface area (Å²) in [6.45, 7) is 10.8. The fraction of sp³-hybridized carbons (Fsp3) is 0.733. The Kier molecular flexibility index (Phi) is 5.82. The lowest BCUT2D eigenvalue weighted by atomic mass is 10.2. The van der Waals surface area contributed by atoms with Gasteiger partial charge in [-0.2, -0.15) is 0 Å². The van der Waals surface area contributed by atoms with E-state index in [-0.39, 0.29) is 0 Å². The van der Waals surface area contributed by atoms with Crippen LogP contribution in [0.5, 0.6) is 0 Å². The molecule has 0 atom stereocenters. The van der Waals surface area contributed by atoms with Crippen LogP contribution in [0.3, 0.4) is 0 Å². The van der Waals surface area contributed by atoms with Crippen molar-refractivity contribution in [3.8, 4) is 0 Å². The first-order valence-corrected chi connectivity index (χ1v) is 10.2. The Morgan fingerprint density at radius 3 is 2.62 bits per heavy atom. The Hall–Kier alpha value is -0.430. The van der Waals surface area contributed by atoms with Crippen LogP contribution in [0.2, 0.25) is 0 Å². The molecule has 2 heterocycles. The molecule has 1 aliphatic rings. The first-order valence-electron chi connectivity index (χ1n) is 7.57. The van der Waals surface area contributed by atoms with Gasteiger partial charge in [0.1, 0.15) is 0 Å². The van der Waals surface area contributed by atoms with Crippen LogP contribution in [-0.4, -0.2) is 44.5 Å². The normalized spacial score (nSPS) is 19.2. The summed E-state index contributed by atoms with van der Waals surface area (Å²) in [5.41, 5.74) is 1.35. The molecular weight excluding hydrogens is 304 g/mol. The number of nitrogens with one attached hydrogen (secondary N) is 1. The quantitative estimate of drug-likeness (QED) is 0.867. The fourth-order valence-corrected chi connectivity index (χ4v) is 4.77. The van der Waals surface area contributed by atoms with Gasteiger partial charge in [-0.25, -0.2) is 8.42 Å². The van der Waals surface area contributed by atoms with Gasteiger partial charge >= 0.3 is 0 Å². The van der Waals surface area contributed by atoms with Crippen LogP contribution >= 0.6 is 11.3 Å². The van der Waals surface area contributed by atoms with Crippen LogP contribution < -0.4 is 5.32 Å². The van der Waals surface area contributed by atoms with Gasteiger partial charge < -0.3 is 5.32 Å². The summed E-state index contributed by atoms with van der Waals surface area (Å²) in [6, 6.07) is 2.27. The SMILES string of the molecule is Cc1sc(CNCC(C)C)cc1CN1CCS(=O)(=O)CC1. The first kappa shape index (κ1) is 16.9. The predicted octanol–water partition coefficient (Wildman–Crippen LogP) is 2.03. The van der Waals surface area contributed by atoms with Crippen LogP contribution in [-0.2, 0) is 22.9 Å². The van der Waals surface area contributed by atoms with Gasteiger partial charge in [0.05, 0.1) is 11.5 Å². The zero-order valence-electron chi connectivity index (χ0n) is 13.2. The minimum atomic E-state index is -2.78. The molecule has 1 fully saturated rings. The van der Waals surface area contributed by atoms with Crippen molar-refractivity contribution in [1.82, 2.24) is 10.2 Å². The zero-order chi connectivity index (χ0) is 15.5. The van der Waals surface area contributed by atoms with Crippen molar-refractivity contribution in [2.45, 2.75) is 33.9 Å². The molecular formula is C15H26N2O2S2. The zero-order valence-corrected chi connectivity index (χ0v) is 14.8. The number of hydrogen-bond donors (Lipinski definition) is 1. The van der Waals surface area contributed by atoms with Crippen molar-refractivity contribution in [2.24, 2.45) is 5.92 Å². The van der Waals surface area contributed by atoms with Gasteiger partial charge in [0.25, 0.3) is 0 Å². The lowest BCUT2D eigenvalue weighted by Crippen LogP contribution is -2.39. The van der Waals surface area contributed by atoms with E-state index < -0.39 is 9.84 Å². The third kappa shape index (κ3) is 5.36. The molecule has 0 amide bonds. The second-order valence-corrected chi connectivity index (χ2v) is 9.89. The van der Waals surface area contributed by atoms with Crippen LogP contribution in [0, 0.1) is 12.8 Å². The molecule has 0 radical (unpaired) electrons. The molecule has 1 N–H and O–H groups in total. The van der Waals surface area contributed by atoms with Crippen LogP contribution in [0.15, 0.2) is 6.07 Å². The van der Waals surface area contributed by atoms with Gasteiger partial charge in [-0.3, -0.25) is 4.90 Å². The maximum absolute atomic E-state index is 11.5. The standard InChI is InChI=1S/C15H26N2O2S2/c1-12(2)9-16-10-15-8-14(13(3)20-15)11-17-4-6-21(18,19)7-5-17/h8,12,16H,4-7,9-11H2,1-3H3. The highest BCUT2D eigenvalue weighted by Crippen LogP contribution is 2.23. The van der Waals surface area contributed by atoms with Crippen LogP contribution in [0.4, 0.5) is 0 Å². The van der Waals surface area contributed by atoms with Gasteiger partial charge in [0.15, 0.2) is 9.84 Å². The average molecular weight is 331 g/mol. The highest BCUT2D eigenvalue weighted by molar-refractivity contribution is 7.91. The molecule has 1 aromatic rings. The number of sulfone groups is 1. The number of aryl methyl sites for hydroxylation is 1. The Balaban J connectivity index is 1.87. The van der Waals surface area contributed by atoms with E-state index in [1.807, 2.05) is 11.3 Å². The predicted molar refractivity (Wildman–Crippen MR) is 89.5 cm³/mol. The van der Waals surface area contributed by atoms with E-state index in [1.165, 1.54) is 15.3 Å². The Morgan fingerprint density at radius 1 is 1.33 bits per heavy atom. The molecule has 1 aliphatic heterocycles. The lowest BCUT2D eigenvalue weighted by Gasteiger charge is -2.26. The summed E-state index contributed by atoms with van der Waals surface area (Å²) in [7, 11) is -2.78. The summed E-state index contributed by atoms with van der Waals surface area (Å²) < 4.78 is 22.9. The number of nitrogens with zero attached hydrogens (tertiary/aromatic N) is 1. The Bertz CT molecular complexity index is 550. The van der Waals surface area contributed by atoms with Crippen molar-refractivity contribution >= 4 is 21.2 Å². The minimum absolute atomic E-state index is 0.305. The summed E-state index contributed by atoms with van der Waals surface area (Å²) >= 11 is 1.85. The number of hydrogen-bond acceptors (Lipinski definition) is 5. The van der Waals surface area contributed by atoms with E-state index in [9.17, 15) is 8.42 Å². The average Bonchev–Trinajstić information content (AvgIpc) is 2.72. The van der Waals surface area contributed by atoms with E-state index in [2.05, 4.69) is 37.1 Å². The molecule has 0 saturated carbocycles. The Labute approximate surface area is 132 Å². The van der Waals surface area contributed by atoms with Crippen molar-refractivity contribution in [2.75, 3.05) is 31.1 Å². The molecule has 120 valence electrons. The first-order chi connectivity index (χ1) is 9.85. The van der Waals surface area contributed by atoms with Crippen molar-refractivity contribution in [3.05, 3.63) is 21.4 Å². The molecule has 0 unspecified atom stereocenters. The molecule has 2 rings (SSSR count). The van der Waals surface area contributed by atoms with E-state index in [0.717, 1.165) is 19.6 Å². The lowest BCUT2D eigenvalue weighted by molar-refractivity contribution is 0.287. The van der Waals surface area contributed by atoms with Gasteiger partial charge in [0.2, 0.25) is 0 Å². The monoisotopic (exact) mass is 330 g/mol. The maximum atomic E-state index is 11.5. The highest BCUT2D eigenvalue weighted by atomic mass is 32.2. The molecule has 0 spiro atoms. The minimum Gasteiger partial charge on any atom is -0.312 e. The van der Waals surface area contributed by atoms with E-state index >= 15 is 0 Å². The van der Waals surface area contributed by atoms with Crippen molar-refractivity contribution < 1.29 is 8.42 Å². The smallest absolute Gasteiger partial charge is 0.152 e. The second-order valence-electron chi connectivity index (χ2n) is 6.25. The molecule has 0 bridgehead atoms. The third-order valence-electron chi connectivity index (χ3n) is 3.75. The van der Waals surface area contributed by atoms with Crippen molar-refractivity contribution in [3.63, 3.8) is 0 Å². The second kappa shape index (κ2) is 7.22. The summed E-state index contributed by atoms with van der Waals surface area (Å²) in [4.78, 5) is 4.97. The highest BCUT2D eigenvalue weighted by Gasteiger charge is 2.22. The van der Waals surface area contributed by atoms with E-state index in [1.54, 1.807) is 0 Å². The summed E-state index contributed by atoms with van der Waals surface area (Å²) in [6.07, 6.45) is 0. The molecule has 1 saturated heterocycles. The largest absolute Gasteiger partial charge is 0.312 e. The molecule has 0 aliphatic carbocycles. The van der Waals surface area contributed by atoms with Crippen molar-refractivity contribution in [1.29, 1.82) is 0 Å². The van der Waals surface area contributed by atoms with Gasteiger partial charge in [-0.15, -0.1) is 11.3 Å². The van der Waals surface area contributed by atoms with Crippen LogP contribution in [0.1, 0.15) is 29.2 Å². The fourth-order valence-electron chi connectivity index (χ4n) is 2.46. The van der Waals surface area contributed by atoms with Crippen LogP contribution in [0.25, 0.3) is 0 Å².